The van der Waals surface area contributed by atoms with Gasteiger partial charge in [-0.15, -0.1) is 0 Å². The largest absolute Gasteiger partial charge is 0.326 e. The van der Waals surface area contributed by atoms with E-state index in [0.29, 0.717) is 6.04 Å². The Hall–Kier alpha value is -0.0800. The first kappa shape index (κ1) is 8.52. The average molecular weight is 168 g/mol. The molecule has 3 atom stereocenters. The first-order valence-corrected chi connectivity index (χ1v) is 5.27. The average Bonchev–Trinajstić information content (AvgIpc) is 2.58. The van der Waals surface area contributed by atoms with Crippen molar-refractivity contribution >= 4 is 0 Å². The maximum absolute atomic E-state index is 5.90. The third-order valence-corrected chi connectivity index (χ3v) is 3.54. The van der Waals surface area contributed by atoms with E-state index in [1.54, 1.807) is 0 Å². The van der Waals surface area contributed by atoms with Crippen molar-refractivity contribution < 1.29 is 0 Å². The van der Waals surface area contributed by atoms with Crippen molar-refractivity contribution in [1.29, 1.82) is 0 Å². The van der Waals surface area contributed by atoms with Crippen molar-refractivity contribution in [2.75, 3.05) is 13.1 Å². The minimum atomic E-state index is 0.456. The van der Waals surface area contributed by atoms with Crippen LogP contribution < -0.4 is 5.73 Å². The Kier molecular flexibility index (Phi) is 2.37. The van der Waals surface area contributed by atoms with Crippen LogP contribution in [0.2, 0.25) is 0 Å². The molecule has 2 heteroatoms. The van der Waals surface area contributed by atoms with Gasteiger partial charge in [-0.3, -0.25) is 4.90 Å². The molecule has 2 N–H and O–H groups in total. The second-order valence-electron chi connectivity index (χ2n) is 4.52. The summed E-state index contributed by atoms with van der Waals surface area (Å²) < 4.78 is 0. The summed E-state index contributed by atoms with van der Waals surface area (Å²) in [6.07, 6.45) is 5.48. The molecule has 0 aromatic heterocycles. The predicted octanol–water partition coefficient (Wildman–Crippen LogP) is 1.21. The lowest BCUT2D eigenvalue weighted by Crippen LogP contribution is -2.37. The molecule has 12 heavy (non-hydrogen) atoms. The van der Waals surface area contributed by atoms with Crippen molar-refractivity contribution in [1.82, 2.24) is 4.90 Å². The van der Waals surface area contributed by atoms with Crippen molar-refractivity contribution in [2.45, 2.75) is 44.7 Å². The van der Waals surface area contributed by atoms with E-state index in [2.05, 4.69) is 11.8 Å². The van der Waals surface area contributed by atoms with Gasteiger partial charge in [0.05, 0.1) is 0 Å². The maximum atomic E-state index is 5.90. The van der Waals surface area contributed by atoms with Gasteiger partial charge in [0, 0.05) is 25.2 Å². The van der Waals surface area contributed by atoms with Gasteiger partial charge in [0.2, 0.25) is 0 Å². The van der Waals surface area contributed by atoms with Crippen molar-refractivity contribution in [3.63, 3.8) is 0 Å². The Balaban J connectivity index is 1.91. The normalized spacial score (nSPS) is 44.0. The van der Waals surface area contributed by atoms with Crippen LogP contribution in [0.15, 0.2) is 0 Å². The molecule has 0 spiro atoms. The number of hydrogen-bond donors (Lipinski definition) is 1. The summed E-state index contributed by atoms with van der Waals surface area (Å²) in [5, 5.41) is 0. The molecule has 1 aliphatic carbocycles. The SMILES string of the molecule is CC1CCCC1N1CC[C@@H](N)C1. The Bertz CT molecular complexity index is 158. The molecule has 2 aliphatic rings. The van der Waals surface area contributed by atoms with Gasteiger partial charge >= 0.3 is 0 Å². The Morgan fingerprint density at radius 2 is 2.08 bits per heavy atom. The molecule has 0 bridgehead atoms. The molecule has 0 amide bonds. The van der Waals surface area contributed by atoms with Crippen molar-refractivity contribution in [3.8, 4) is 0 Å². The van der Waals surface area contributed by atoms with E-state index in [0.717, 1.165) is 18.5 Å². The topological polar surface area (TPSA) is 29.3 Å². The van der Waals surface area contributed by atoms with E-state index in [1.165, 1.54) is 32.2 Å². The summed E-state index contributed by atoms with van der Waals surface area (Å²) in [7, 11) is 0. The Labute approximate surface area is 75.1 Å². The molecular formula is C10H20N2. The molecule has 1 aliphatic heterocycles. The highest BCUT2D eigenvalue weighted by Crippen LogP contribution is 2.31. The van der Waals surface area contributed by atoms with Gasteiger partial charge in [-0.1, -0.05) is 13.3 Å². The first-order chi connectivity index (χ1) is 5.77. The number of likely N-dealkylation sites (tertiary alicyclic amines) is 1. The molecule has 70 valence electrons. The van der Waals surface area contributed by atoms with Gasteiger partial charge in [0.25, 0.3) is 0 Å². The van der Waals surface area contributed by atoms with Crippen LogP contribution in [-0.4, -0.2) is 30.1 Å². The molecule has 0 aromatic carbocycles. The van der Waals surface area contributed by atoms with Crippen LogP contribution >= 0.6 is 0 Å². The van der Waals surface area contributed by atoms with Gasteiger partial charge < -0.3 is 5.73 Å². The zero-order valence-electron chi connectivity index (χ0n) is 8.00. The summed E-state index contributed by atoms with van der Waals surface area (Å²) in [6.45, 7) is 4.78. The molecule has 2 unspecified atom stereocenters. The lowest BCUT2D eigenvalue weighted by atomic mass is 10.1. The highest BCUT2D eigenvalue weighted by Gasteiger charge is 2.32. The van der Waals surface area contributed by atoms with Gasteiger partial charge in [-0.25, -0.2) is 0 Å². The monoisotopic (exact) mass is 168 g/mol. The number of rotatable bonds is 1. The third-order valence-electron chi connectivity index (χ3n) is 3.54. The second-order valence-corrected chi connectivity index (χ2v) is 4.52. The zero-order valence-corrected chi connectivity index (χ0v) is 8.00. The van der Waals surface area contributed by atoms with Gasteiger partial charge in [0.1, 0.15) is 0 Å². The zero-order chi connectivity index (χ0) is 8.55. The minimum Gasteiger partial charge on any atom is -0.326 e. The van der Waals surface area contributed by atoms with Crippen LogP contribution in [0.25, 0.3) is 0 Å². The summed E-state index contributed by atoms with van der Waals surface area (Å²) in [5.74, 6) is 0.912. The van der Waals surface area contributed by atoms with Crippen LogP contribution in [-0.2, 0) is 0 Å². The lowest BCUT2D eigenvalue weighted by Gasteiger charge is -2.27. The highest BCUT2D eigenvalue weighted by atomic mass is 15.2. The molecule has 2 fully saturated rings. The summed E-state index contributed by atoms with van der Waals surface area (Å²) in [5.41, 5.74) is 5.90. The quantitative estimate of drug-likeness (QED) is 0.637. The molecular weight excluding hydrogens is 148 g/mol. The summed E-state index contributed by atoms with van der Waals surface area (Å²) in [4.78, 5) is 2.61. The number of nitrogens with two attached hydrogens (primary N) is 1. The fraction of sp³-hybridized carbons (Fsp3) is 1.00. The molecule has 2 rings (SSSR count). The van der Waals surface area contributed by atoms with Gasteiger partial charge in [-0.05, 0) is 25.2 Å². The molecule has 1 saturated carbocycles. The van der Waals surface area contributed by atoms with E-state index in [9.17, 15) is 0 Å². The number of nitrogens with zero attached hydrogens (tertiary/aromatic N) is 1. The molecule has 0 aromatic rings. The maximum Gasteiger partial charge on any atom is 0.0180 e. The fourth-order valence-electron chi connectivity index (χ4n) is 2.78. The molecule has 2 nitrogen and oxygen atoms in total. The smallest absolute Gasteiger partial charge is 0.0180 e. The van der Waals surface area contributed by atoms with E-state index < -0.39 is 0 Å². The van der Waals surface area contributed by atoms with Gasteiger partial charge in [-0.2, -0.15) is 0 Å². The van der Waals surface area contributed by atoms with E-state index in [4.69, 9.17) is 5.73 Å². The van der Waals surface area contributed by atoms with Gasteiger partial charge in [0.15, 0.2) is 0 Å². The summed E-state index contributed by atoms with van der Waals surface area (Å²) >= 11 is 0. The summed E-state index contributed by atoms with van der Waals surface area (Å²) in [6, 6.07) is 1.32. The van der Waals surface area contributed by atoms with E-state index >= 15 is 0 Å². The second kappa shape index (κ2) is 3.35. The predicted molar refractivity (Wildman–Crippen MR) is 51.0 cm³/mol. The van der Waals surface area contributed by atoms with E-state index in [-0.39, 0.29) is 0 Å². The van der Waals surface area contributed by atoms with Crippen molar-refractivity contribution in [2.24, 2.45) is 11.7 Å². The van der Waals surface area contributed by atoms with Crippen molar-refractivity contribution in [3.05, 3.63) is 0 Å². The highest BCUT2D eigenvalue weighted by molar-refractivity contribution is 4.88. The minimum absolute atomic E-state index is 0.456. The Morgan fingerprint density at radius 3 is 2.58 bits per heavy atom. The van der Waals surface area contributed by atoms with E-state index in [1.807, 2.05) is 0 Å². The van der Waals surface area contributed by atoms with Crippen LogP contribution in [0.3, 0.4) is 0 Å². The molecule has 0 radical (unpaired) electrons. The van der Waals surface area contributed by atoms with Crippen LogP contribution in [0, 0.1) is 5.92 Å². The van der Waals surface area contributed by atoms with Crippen LogP contribution in [0.5, 0.6) is 0 Å². The fourth-order valence-corrected chi connectivity index (χ4v) is 2.78. The number of hydrogen-bond acceptors (Lipinski definition) is 2. The van der Waals surface area contributed by atoms with Crippen LogP contribution in [0.1, 0.15) is 32.6 Å². The van der Waals surface area contributed by atoms with Crippen LogP contribution in [0.4, 0.5) is 0 Å². The first-order valence-electron chi connectivity index (χ1n) is 5.27. The standard InChI is InChI=1S/C10H20N2/c1-8-3-2-4-10(8)12-6-5-9(11)7-12/h8-10H,2-7,11H2,1H3/t8?,9-,10?/m1/s1. The molecule has 1 heterocycles. The molecule has 1 saturated heterocycles. The Morgan fingerprint density at radius 1 is 1.25 bits per heavy atom. The third kappa shape index (κ3) is 1.50. The lowest BCUT2D eigenvalue weighted by molar-refractivity contribution is 0.203.